The smallest absolute Gasteiger partial charge is 0.0753 e. The molecule has 1 fully saturated rings. The maximum atomic E-state index is 9.78. The summed E-state index contributed by atoms with van der Waals surface area (Å²) in [7, 11) is 0. The van der Waals surface area contributed by atoms with Gasteiger partial charge in [0.1, 0.15) is 0 Å². The van der Waals surface area contributed by atoms with Crippen LogP contribution in [-0.4, -0.2) is 24.4 Å². The molecular weight excluding hydrogens is 224 g/mol. The van der Waals surface area contributed by atoms with Crippen molar-refractivity contribution in [1.82, 2.24) is 0 Å². The first-order valence-electron chi connectivity index (χ1n) is 6.67. The first-order valence-corrected chi connectivity index (χ1v) is 6.67. The second-order valence-corrected chi connectivity index (χ2v) is 5.30. The van der Waals surface area contributed by atoms with Crippen LogP contribution in [-0.2, 0) is 11.2 Å². The highest BCUT2D eigenvalue weighted by Gasteiger charge is 2.33. The molecule has 2 heteroatoms. The summed E-state index contributed by atoms with van der Waals surface area (Å²) >= 11 is 0. The second kappa shape index (κ2) is 6.17. The van der Waals surface area contributed by atoms with Crippen LogP contribution in [0.1, 0.15) is 24.8 Å². The van der Waals surface area contributed by atoms with Crippen molar-refractivity contribution in [3.05, 3.63) is 48.6 Å². The summed E-state index contributed by atoms with van der Waals surface area (Å²) in [5.41, 5.74) is 1.14. The summed E-state index contributed by atoms with van der Waals surface area (Å²) in [4.78, 5) is 0. The summed E-state index contributed by atoms with van der Waals surface area (Å²) < 4.78 is 5.85. The van der Waals surface area contributed by atoms with E-state index in [0.29, 0.717) is 6.61 Å². The van der Waals surface area contributed by atoms with Gasteiger partial charge in [-0.05, 0) is 31.2 Å². The van der Waals surface area contributed by atoms with Crippen LogP contribution in [0.15, 0.2) is 43.0 Å². The van der Waals surface area contributed by atoms with Crippen molar-refractivity contribution in [3.8, 4) is 0 Å². The van der Waals surface area contributed by atoms with Crippen molar-refractivity contribution < 1.29 is 9.84 Å². The quantitative estimate of drug-likeness (QED) is 0.828. The van der Waals surface area contributed by atoms with Crippen LogP contribution < -0.4 is 0 Å². The molecule has 0 saturated carbocycles. The Morgan fingerprint density at radius 1 is 1.39 bits per heavy atom. The summed E-state index contributed by atoms with van der Waals surface area (Å²) in [5, 5.41) is 9.78. The molecule has 1 saturated heterocycles. The fourth-order valence-electron chi connectivity index (χ4n) is 2.65. The SMILES string of the molecule is C=C[C@@H]1CCC[C@@](CO)(Cc2ccccc2)CO1. The normalized spacial score (nSPS) is 28.6. The molecule has 1 heterocycles. The summed E-state index contributed by atoms with van der Waals surface area (Å²) in [6, 6.07) is 10.3. The molecule has 98 valence electrons. The Balaban J connectivity index is 2.08. The van der Waals surface area contributed by atoms with Crippen LogP contribution in [0.5, 0.6) is 0 Å². The molecule has 0 unspecified atom stereocenters. The third-order valence-corrected chi connectivity index (χ3v) is 3.82. The molecule has 0 radical (unpaired) electrons. The van der Waals surface area contributed by atoms with E-state index in [9.17, 15) is 5.11 Å². The van der Waals surface area contributed by atoms with Crippen molar-refractivity contribution in [2.75, 3.05) is 13.2 Å². The van der Waals surface area contributed by atoms with Gasteiger partial charge >= 0.3 is 0 Å². The molecule has 0 amide bonds. The molecule has 0 bridgehead atoms. The number of hydrogen-bond acceptors (Lipinski definition) is 2. The van der Waals surface area contributed by atoms with E-state index in [0.717, 1.165) is 25.7 Å². The van der Waals surface area contributed by atoms with E-state index in [1.54, 1.807) is 0 Å². The standard InChI is InChI=1S/C16H22O2/c1-2-15-9-6-10-16(12-17,13-18-15)11-14-7-4-3-5-8-14/h2-5,7-8,15,17H,1,6,9-13H2/t15-,16+/m1/s1. The Kier molecular flexibility index (Phi) is 4.56. The topological polar surface area (TPSA) is 29.5 Å². The minimum Gasteiger partial charge on any atom is -0.396 e. The summed E-state index contributed by atoms with van der Waals surface area (Å²) in [5.74, 6) is 0. The van der Waals surface area contributed by atoms with E-state index in [4.69, 9.17) is 4.74 Å². The molecule has 2 rings (SSSR count). The van der Waals surface area contributed by atoms with Crippen LogP contribution in [0, 0.1) is 5.41 Å². The van der Waals surface area contributed by atoms with Gasteiger partial charge in [0.2, 0.25) is 0 Å². The molecule has 1 aromatic carbocycles. The molecule has 1 aromatic rings. The Bertz CT molecular complexity index is 374. The zero-order chi connectivity index (χ0) is 12.8. The van der Waals surface area contributed by atoms with Gasteiger partial charge in [-0.2, -0.15) is 0 Å². The fraction of sp³-hybridized carbons (Fsp3) is 0.500. The van der Waals surface area contributed by atoms with Gasteiger partial charge in [0.05, 0.1) is 19.3 Å². The third kappa shape index (κ3) is 3.21. The fourth-order valence-corrected chi connectivity index (χ4v) is 2.65. The highest BCUT2D eigenvalue weighted by Crippen LogP contribution is 2.33. The lowest BCUT2D eigenvalue weighted by Gasteiger charge is -2.30. The molecule has 18 heavy (non-hydrogen) atoms. The number of rotatable bonds is 4. The first kappa shape index (κ1) is 13.3. The Morgan fingerprint density at radius 2 is 2.17 bits per heavy atom. The Morgan fingerprint density at radius 3 is 2.83 bits per heavy atom. The van der Waals surface area contributed by atoms with Crippen LogP contribution >= 0.6 is 0 Å². The van der Waals surface area contributed by atoms with Crippen LogP contribution in [0.25, 0.3) is 0 Å². The van der Waals surface area contributed by atoms with Gasteiger partial charge in [-0.1, -0.05) is 36.4 Å². The average Bonchev–Trinajstić information content (AvgIpc) is 2.63. The first-order chi connectivity index (χ1) is 8.78. The van der Waals surface area contributed by atoms with Crippen molar-refractivity contribution in [2.24, 2.45) is 5.41 Å². The number of aliphatic hydroxyl groups excluding tert-OH is 1. The summed E-state index contributed by atoms with van der Waals surface area (Å²) in [6.45, 7) is 4.60. The molecule has 2 nitrogen and oxygen atoms in total. The van der Waals surface area contributed by atoms with E-state index < -0.39 is 0 Å². The molecule has 1 N–H and O–H groups in total. The predicted molar refractivity (Wildman–Crippen MR) is 73.5 cm³/mol. The van der Waals surface area contributed by atoms with E-state index in [-0.39, 0.29) is 18.1 Å². The van der Waals surface area contributed by atoms with Crippen molar-refractivity contribution in [2.45, 2.75) is 31.8 Å². The predicted octanol–water partition coefficient (Wildman–Crippen LogP) is 2.96. The number of aliphatic hydroxyl groups is 1. The molecule has 1 aliphatic heterocycles. The highest BCUT2D eigenvalue weighted by atomic mass is 16.5. The summed E-state index contributed by atoms with van der Waals surface area (Å²) in [6.07, 6.45) is 6.02. The zero-order valence-corrected chi connectivity index (χ0v) is 10.8. The van der Waals surface area contributed by atoms with Gasteiger partial charge in [0.15, 0.2) is 0 Å². The van der Waals surface area contributed by atoms with E-state index in [2.05, 4.69) is 18.7 Å². The molecule has 2 atom stereocenters. The Hall–Kier alpha value is -1.12. The van der Waals surface area contributed by atoms with E-state index in [1.165, 1.54) is 5.56 Å². The van der Waals surface area contributed by atoms with Gasteiger partial charge in [-0.25, -0.2) is 0 Å². The maximum Gasteiger partial charge on any atom is 0.0753 e. The minimum atomic E-state index is -0.126. The minimum absolute atomic E-state index is 0.126. The lowest BCUT2D eigenvalue weighted by Crippen LogP contribution is -2.33. The van der Waals surface area contributed by atoms with Gasteiger partial charge in [0.25, 0.3) is 0 Å². The lowest BCUT2D eigenvalue weighted by molar-refractivity contribution is -0.00227. The van der Waals surface area contributed by atoms with Crippen LogP contribution in [0.3, 0.4) is 0 Å². The largest absolute Gasteiger partial charge is 0.396 e. The van der Waals surface area contributed by atoms with Crippen molar-refractivity contribution >= 4 is 0 Å². The average molecular weight is 246 g/mol. The number of hydrogen-bond donors (Lipinski definition) is 1. The van der Waals surface area contributed by atoms with Crippen LogP contribution in [0.4, 0.5) is 0 Å². The van der Waals surface area contributed by atoms with Gasteiger partial charge < -0.3 is 9.84 Å². The van der Waals surface area contributed by atoms with E-state index >= 15 is 0 Å². The van der Waals surface area contributed by atoms with Crippen LogP contribution in [0.2, 0.25) is 0 Å². The zero-order valence-electron chi connectivity index (χ0n) is 10.8. The Labute approximate surface area is 109 Å². The van der Waals surface area contributed by atoms with Crippen molar-refractivity contribution in [3.63, 3.8) is 0 Å². The van der Waals surface area contributed by atoms with Crippen molar-refractivity contribution in [1.29, 1.82) is 0 Å². The maximum absolute atomic E-state index is 9.78. The van der Waals surface area contributed by atoms with Gasteiger partial charge in [-0.3, -0.25) is 0 Å². The highest BCUT2D eigenvalue weighted by molar-refractivity contribution is 5.17. The second-order valence-electron chi connectivity index (χ2n) is 5.30. The third-order valence-electron chi connectivity index (χ3n) is 3.82. The molecule has 0 aliphatic carbocycles. The number of ether oxygens (including phenoxy) is 1. The molecule has 0 spiro atoms. The van der Waals surface area contributed by atoms with E-state index in [1.807, 2.05) is 24.3 Å². The molecule has 0 aromatic heterocycles. The van der Waals surface area contributed by atoms with Gasteiger partial charge in [0, 0.05) is 5.41 Å². The molecular formula is C16H22O2. The van der Waals surface area contributed by atoms with Gasteiger partial charge in [-0.15, -0.1) is 6.58 Å². The number of benzene rings is 1. The lowest BCUT2D eigenvalue weighted by atomic mass is 9.79. The molecule has 1 aliphatic rings. The monoisotopic (exact) mass is 246 g/mol.